The van der Waals surface area contributed by atoms with Crippen molar-refractivity contribution in [1.29, 1.82) is 0 Å². The number of rotatable bonds is 4. The minimum absolute atomic E-state index is 0.101. The largest absolute Gasteiger partial charge is 0.486 e. The van der Waals surface area contributed by atoms with E-state index in [1.807, 2.05) is 48.2 Å². The molecule has 0 unspecified atom stereocenters. The maximum atomic E-state index is 12.4. The lowest BCUT2D eigenvalue weighted by molar-refractivity contribution is -0.117. The first-order valence-electron chi connectivity index (χ1n) is 9.19. The summed E-state index contributed by atoms with van der Waals surface area (Å²) in [6.45, 7) is 3.78. The number of anilines is 2. The van der Waals surface area contributed by atoms with Gasteiger partial charge in [-0.2, -0.15) is 0 Å². The van der Waals surface area contributed by atoms with Gasteiger partial charge in [0.1, 0.15) is 13.2 Å². The maximum absolute atomic E-state index is 12.4. The summed E-state index contributed by atoms with van der Waals surface area (Å²) in [7, 11) is 0. The smallest absolute Gasteiger partial charge is 0.228 e. The zero-order valence-electron chi connectivity index (χ0n) is 15.3. The molecule has 0 atom stereocenters. The Bertz CT molecular complexity index is 894. The van der Waals surface area contributed by atoms with Crippen molar-refractivity contribution < 1.29 is 19.1 Å². The van der Waals surface area contributed by atoms with E-state index < -0.39 is 0 Å². The number of ether oxygens (including phenoxy) is 2. The highest BCUT2D eigenvalue weighted by molar-refractivity contribution is 5.97. The molecule has 2 amide bonds. The van der Waals surface area contributed by atoms with Crippen molar-refractivity contribution >= 4 is 23.2 Å². The van der Waals surface area contributed by atoms with Crippen molar-refractivity contribution in [2.24, 2.45) is 0 Å². The highest BCUT2D eigenvalue weighted by Crippen LogP contribution is 2.31. The molecule has 140 valence electrons. The van der Waals surface area contributed by atoms with Crippen LogP contribution in [0.1, 0.15) is 24.0 Å². The van der Waals surface area contributed by atoms with E-state index in [9.17, 15) is 9.59 Å². The van der Waals surface area contributed by atoms with Gasteiger partial charge in [-0.05, 0) is 54.8 Å². The van der Waals surface area contributed by atoms with Gasteiger partial charge in [0.05, 0.1) is 6.42 Å². The number of nitrogens with zero attached hydrogens (tertiary/aromatic N) is 1. The van der Waals surface area contributed by atoms with Gasteiger partial charge < -0.3 is 19.7 Å². The number of benzene rings is 2. The van der Waals surface area contributed by atoms with Crippen molar-refractivity contribution in [2.75, 3.05) is 30.0 Å². The Hall–Kier alpha value is -3.02. The van der Waals surface area contributed by atoms with Crippen LogP contribution in [-0.4, -0.2) is 31.6 Å². The normalized spacial score (nSPS) is 15.7. The standard InChI is InChI=1S/C21H22N2O4/c1-14-11-16(5-6-17(14)23-8-2-3-21(23)25)22-20(24)13-15-4-7-18-19(12-15)27-10-9-26-18/h4-7,11-12H,2-3,8-10,13H2,1H3,(H,22,24). The van der Waals surface area contributed by atoms with Crippen molar-refractivity contribution in [1.82, 2.24) is 0 Å². The van der Waals surface area contributed by atoms with Crippen molar-refractivity contribution in [3.63, 3.8) is 0 Å². The van der Waals surface area contributed by atoms with Crippen LogP contribution < -0.4 is 19.7 Å². The topological polar surface area (TPSA) is 67.9 Å². The van der Waals surface area contributed by atoms with Crippen LogP contribution in [0.25, 0.3) is 0 Å². The van der Waals surface area contributed by atoms with Crippen LogP contribution in [0.2, 0.25) is 0 Å². The number of hydrogen-bond acceptors (Lipinski definition) is 4. The zero-order chi connectivity index (χ0) is 18.8. The second-order valence-electron chi connectivity index (χ2n) is 6.85. The average molecular weight is 366 g/mol. The molecule has 4 rings (SSSR count). The number of hydrogen-bond donors (Lipinski definition) is 1. The molecule has 6 nitrogen and oxygen atoms in total. The summed E-state index contributed by atoms with van der Waals surface area (Å²) in [5.74, 6) is 1.46. The third-order valence-corrected chi connectivity index (χ3v) is 4.82. The second kappa shape index (κ2) is 7.31. The minimum Gasteiger partial charge on any atom is -0.486 e. The Balaban J connectivity index is 1.42. The van der Waals surface area contributed by atoms with E-state index in [0.717, 1.165) is 35.5 Å². The van der Waals surface area contributed by atoms with Crippen LogP contribution in [0.5, 0.6) is 11.5 Å². The fourth-order valence-electron chi connectivity index (χ4n) is 3.53. The molecule has 0 aromatic heterocycles. The van der Waals surface area contributed by atoms with Crippen LogP contribution >= 0.6 is 0 Å². The van der Waals surface area contributed by atoms with E-state index in [1.165, 1.54) is 0 Å². The predicted octanol–water partition coefficient (Wildman–Crippen LogP) is 3.07. The summed E-state index contributed by atoms with van der Waals surface area (Å²) in [6.07, 6.45) is 1.75. The summed E-state index contributed by atoms with van der Waals surface area (Å²) in [5.41, 5.74) is 3.49. The predicted molar refractivity (Wildman–Crippen MR) is 103 cm³/mol. The van der Waals surface area contributed by atoms with Crippen LogP contribution in [0.15, 0.2) is 36.4 Å². The van der Waals surface area contributed by atoms with Gasteiger partial charge in [0.25, 0.3) is 0 Å². The van der Waals surface area contributed by atoms with Crippen LogP contribution in [0, 0.1) is 6.92 Å². The molecule has 2 aliphatic heterocycles. The highest BCUT2D eigenvalue weighted by Gasteiger charge is 2.23. The van der Waals surface area contributed by atoms with Gasteiger partial charge in [-0.3, -0.25) is 9.59 Å². The van der Waals surface area contributed by atoms with Crippen molar-refractivity contribution in [2.45, 2.75) is 26.2 Å². The monoisotopic (exact) mass is 366 g/mol. The first kappa shape index (κ1) is 17.4. The van der Waals surface area contributed by atoms with E-state index in [2.05, 4.69) is 5.32 Å². The molecule has 1 fully saturated rings. The summed E-state index contributed by atoms with van der Waals surface area (Å²) in [4.78, 5) is 26.2. The van der Waals surface area contributed by atoms with Gasteiger partial charge >= 0.3 is 0 Å². The van der Waals surface area contributed by atoms with Gasteiger partial charge in [0.15, 0.2) is 11.5 Å². The Kier molecular flexibility index (Phi) is 4.71. The number of carbonyl (C=O) groups is 2. The third-order valence-electron chi connectivity index (χ3n) is 4.82. The molecule has 2 aromatic rings. The van der Waals surface area contributed by atoms with Crippen LogP contribution in [0.3, 0.4) is 0 Å². The molecule has 1 N–H and O–H groups in total. The van der Waals surface area contributed by atoms with Gasteiger partial charge in [0, 0.05) is 24.3 Å². The Morgan fingerprint density at radius 1 is 1.11 bits per heavy atom. The van der Waals surface area contributed by atoms with Crippen LogP contribution in [-0.2, 0) is 16.0 Å². The number of nitrogens with one attached hydrogen (secondary N) is 1. The van der Waals surface area contributed by atoms with E-state index in [1.54, 1.807) is 0 Å². The lowest BCUT2D eigenvalue weighted by atomic mass is 10.1. The van der Waals surface area contributed by atoms with E-state index in [-0.39, 0.29) is 18.2 Å². The number of fused-ring (bicyclic) bond motifs is 1. The SMILES string of the molecule is Cc1cc(NC(=O)Cc2ccc3c(c2)OCCO3)ccc1N1CCCC1=O. The molecule has 2 aliphatic rings. The fourth-order valence-corrected chi connectivity index (χ4v) is 3.53. The minimum atomic E-state index is -0.101. The maximum Gasteiger partial charge on any atom is 0.228 e. The van der Waals surface area contributed by atoms with E-state index in [4.69, 9.17) is 9.47 Å². The second-order valence-corrected chi connectivity index (χ2v) is 6.85. The summed E-state index contributed by atoms with van der Waals surface area (Å²) >= 11 is 0. The van der Waals surface area contributed by atoms with E-state index in [0.29, 0.717) is 31.1 Å². The van der Waals surface area contributed by atoms with Gasteiger partial charge in [-0.25, -0.2) is 0 Å². The highest BCUT2D eigenvalue weighted by atomic mass is 16.6. The molecule has 0 bridgehead atoms. The molecule has 0 aliphatic carbocycles. The van der Waals surface area contributed by atoms with E-state index >= 15 is 0 Å². The number of amides is 2. The summed E-state index contributed by atoms with van der Waals surface area (Å²) in [5, 5.41) is 2.93. The molecular weight excluding hydrogens is 344 g/mol. The van der Waals surface area contributed by atoms with Crippen LogP contribution in [0.4, 0.5) is 11.4 Å². The van der Waals surface area contributed by atoms with Gasteiger partial charge in [-0.1, -0.05) is 6.07 Å². The lowest BCUT2D eigenvalue weighted by Crippen LogP contribution is -2.24. The van der Waals surface area contributed by atoms with Gasteiger partial charge in [0.2, 0.25) is 11.8 Å². The Morgan fingerprint density at radius 3 is 2.67 bits per heavy atom. The van der Waals surface area contributed by atoms with Crippen molar-refractivity contribution in [3.8, 4) is 11.5 Å². The molecule has 1 saturated heterocycles. The Labute approximate surface area is 158 Å². The average Bonchev–Trinajstić information content (AvgIpc) is 3.07. The molecule has 0 saturated carbocycles. The summed E-state index contributed by atoms with van der Waals surface area (Å²) < 4.78 is 11.1. The van der Waals surface area contributed by atoms with Crippen molar-refractivity contribution in [3.05, 3.63) is 47.5 Å². The summed E-state index contributed by atoms with van der Waals surface area (Å²) in [6, 6.07) is 11.2. The number of carbonyl (C=O) groups excluding carboxylic acids is 2. The first-order valence-corrected chi connectivity index (χ1v) is 9.19. The molecule has 27 heavy (non-hydrogen) atoms. The molecule has 6 heteroatoms. The third kappa shape index (κ3) is 3.74. The zero-order valence-corrected chi connectivity index (χ0v) is 15.3. The molecule has 2 heterocycles. The Morgan fingerprint density at radius 2 is 1.93 bits per heavy atom. The molecule has 0 spiro atoms. The molecular formula is C21H22N2O4. The first-order chi connectivity index (χ1) is 13.1. The number of aryl methyl sites for hydroxylation is 1. The molecule has 0 radical (unpaired) electrons. The van der Waals surface area contributed by atoms with Gasteiger partial charge in [-0.15, -0.1) is 0 Å². The quantitative estimate of drug-likeness (QED) is 0.903. The fraction of sp³-hybridized carbons (Fsp3) is 0.333. The lowest BCUT2D eigenvalue weighted by Gasteiger charge is -2.19. The molecule has 2 aromatic carbocycles.